The van der Waals surface area contributed by atoms with Crippen molar-refractivity contribution in [3.05, 3.63) is 50.8 Å². The lowest BCUT2D eigenvalue weighted by Gasteiger charge is -2.00. The molecule has 0 atom stereocenters. The standard InChI is InChI=1S/C10H6N2O4S/c13-10(16-9-5-17-6-11-9)7-1-3-8(4-2-7)12(14)15/h1-6H. The lowest BCUT2D eigenvalue weighted by atomic mass is 10.2. The molecule has 0 aliphatic heterocycles. The van der Waals surface area contributed by atoms with Crippen LogP contribution in [0.1, 0.15) is 10.4 Å². The predicted molar refractivity (Wildman–Crippen MR) is 60.2 cm³/mol. The zero-order valence-electron chi connectivity index (χ0n) is 8.40. The Bertz CT molecular complexity index is 536. The van der Waals surface area contributed by atoms with Gasteiger partial charge in [0, 0.05) is 12.1 Å². The Morgan fingerprint density at radius 1 is 1.35 bits per heavy atom. The maximum atomic E-state index is 11.6. The number of ether oxygens (including phenoxy) is 1. The monoisotopic (exact) mass is 250 g/mol. The molecule has 0 amide bonds. The lowest BCUT2D eigenvalue weighted by Crippen LogP contribution is -2.08. The Kier molecular flexibility index (Phi) is 3.10. The van der Waals surface area contributed by atoms with Crippen molar-refractivity contribution < 1.29 is 14.5 Å². The van der Waals surface area contributed by atoms with Crippen molar-refractivity contribution in [2.75, 3.05) is 0 Å². The molecular formula is C10H6N2O4S. The van der Waals surface area contributed by atoms with Gasteiger partial charge in [0.05, 0.1) is 21.4 Å². The van der Waals surface area contributed by atoms with E-state index in [1.807, 2.05) is 0 Å². The third kappa shape index (κ3) is 2.64. The van der Waals surface area contributed by atoms with Crippen LogP contribution in [0, 0.1) is 10.1 Å². The molecule has 17 heavy (non-hydrogen) atoms. The van der Waals surface area contributed by atoms with Gasteiger partial charge in [-0.25, -0.2) is 9.78 Å². The fourth-order valence-corrected chi connectivity index (χ4v) is 1.58. The third-order valence-corrected chi connectivity index (χ3v) is 2.49. The van der Waals surface area contributed by atoms with Crippen molar-refractivity contribution in [3.8, 4) is 5.88 Å². The first-order valence-corrected chi connectivity index (χ1v) is 5.46. The van der Waals surface area contributed by atoms with Gasteiger partial charge in [-0.2, -0.15) is 0 Å². The summed E-state index contributed by atoms with van der Waals surface area (Å²) < 4.78 is 4.93. The van der Waals surface area contributed by atoms with Gasteiger partial charge in [0.1, 0.15) is 0 Å². The number of nitrogens with zero attached hydrogens (tertiary/aromatic N) is 2. The van der Waals surface area contributed by atoms with E-state index in [9.17, 15) is 14.9 Å². The Labute approximate surface area is 99.6 Å². The minimum Gasteiger partial charge on any atom is -0.403 e. The van der Waals surface area contributed by atoms with Crippen LogP contribution in [-0.2, 0) is 0 Å². The Hall–Kier alpha value is -2.28. The molecule has 0 spiro atoms. The van der Waals surface area contributed by atoms with Crippen molar-refractivity contribution in [1.82, 2.24) is 4.98 Å². The molecule has 0 aliphatic carbocycles. The minimum atomic E-state index is -0.592. The summed E-state index contributed by atoms with van der Waals surface area (Å²) in [5.74, 6) is -0.371. The smallest absolute Gasteiger partial charge is 0.344 e. The molecule has 6 nitrogen and oxygen atoms in total. The summed E-state index contributed by atoms with van der Waals surface area (Å²) in [6, 6.07) is 5.18. The maximum absolute atomic E-state index is 11.6. The molecule has 1 aromatic heterocycles. The average molecular weight is 250 g/mol. The number of hydrogen-bond donors (Lipinski definition) is 0. The number of thiazole rings is 1. The third-order valence-electron chi connectivity index (χ3n) is 1.92. The number of hydrogen-bond acceptors (Lipinski definition) is 6. The highest BCUT2D eigenvalue weighted by Crippen LogP contribution is 2.15. The molecule has 86 valence electrons. The maximum Gasteiger partial charge on any atom is 0.344 e. The molecule has 0 radical (unpaired) electrons. The van der Waals surface area contributed by atoms with Crippen molar-refractivity contribution >= 4 is 23.0 Å². The first-order chi connectivity index (χ1) is 8.16. The second-order valence-electron chi connectivity index (χ2n) is 3.02. The fraction of sp³-hybridized carbons (Fsp3) is 0. The number of esters is 1. The van der Waals surface area contributed by atoms with Crippen molar-refractivity contribution in [3.63, 3.8) is 0 Å². The Morgan fingerprint density at radius 3 is 2.59 bits per heavy atom. The van der Waals surface area contributed by atoms with Crippen LogP contribution in [0.25, 0.3) is 0 Å². The normalized spacial score (nSPS) is 9.88. The molecule has 1 aromatic carbocycles. The van der Waals surface area contributed by atoms with Crippen LogP contribution in [0.2, 0.25) is 0 Å². The zero-order chi connectivity index (χ0) is 12.3. The number of nitro groups is 1. The first-order valence-electron chi connectivity index (χ1n) is 4.51. The van der Waals surface area contributed by atoms with Crippen LogP contribution < -0.4 is 4.74 Å². The Balaban J connectivity index is 2.12. The van der Waals surface area contributed by atoms with E-state index in [4.69, 9.17) is 4.74 Å². The van der Waals surface area contributed by atoms with Crippen LogP contribution in [0.15, 0.2) is 35.2 Å². The predicted octanol–water partition coefficient (Wildman–Crippen LogP) is 2.27. The number of benzene rings is 1. The largest absolute Gasteiger partial charge is 0.403 e. The SMILES string of the molecule is O=C(Oc1cscn1)c1ccc([N+](=O)[O-])cc1. The first kappa shape index (κ1) is 11.2. The second-order valence-corrected chi connectivity index (χ2v) is 3.74. The average Bonchev–Trinajstić information content (AvgIpc) is 2.82. The van der Waals surface area contributed by atoms with Gasteiger partial charge in [-0.1, -0.05) is 0 Å². The molecule has 2 rings (SSSR count). The number of non-ortho nitro benzene ring substituents is 1. The quantitative estimate of drug-likeness (QED) is 0.474. The van der Waals surface area contributed by atoms with E-state index in [1.165, 1.54) is 35.6 Å². The summed E-state index contributed by atoms with van der Waals surface area (Å²) in [6.45, 7) is 0. The summed E-state index contributed by atoms with van der Waals surface area (Å²) in [4.78, 5) is 25.2. The minimum absolute atomic E-state index is 0.0739. The summed E-state index contributed by atoms with van der Waals surface area (Å²) in [5, 5.41) is 12.0. The molecule has 0 saturated carbocycles. The van der Waals surface area contributed by atoms with E-state index < -0.39 is 10.9 Å². The number of carbonyl (C=O) groups excluding carboxylic acids is 1. The van der Waals surface area contributed by atoms with Gasteiger partial charge in [0.25, 0.3) is 5.69 Å². The van der Waals surface area contributed by atoms with E-state index >= 15 is 0 Å². The van der Waals surface area contributed by atoms with Gasteiger partial charge in [-0.3, -0.25) is 10.1 Å². The van der Waals surface area contributed by atoms with Crippen molar-refractivity contribution in [2.45, 2.75) is 0 Å². The highest BCUT2D eigenvalue weighted by atomic mass is 32.1. The molecular weight excluding hydrogens is 244 g/mol. The van der Waals surface area contributed by atoms with Gasteiger partial charge < -0.3 is 4.74 Å². The number of carbonyl (C=O) groups is 1. The fourth-order valence-electron chi connectivity index (χ4n) is 1.12. The van der Waals surface area contributed by atoms with E-state index in [0.717, 1.165) is 0 Å². The summed E-state index contributed by atoms with van der Waals surface area (Å²) in [7, 11) is 0. The molecule has 0 fully saturated rings. The van der Waals surface area contributed by atoms with Crippen LogP contribution in [0.4, 0.5) is 5.69 Å². The van der Waals surface area contributed by atoms with Crippen LogP contribution in [0.5, 0.6) is 5.88 Å². The molecule has 2 aromatic rings. The Morgan fingerprint density at radius 2 is 2.06 bits per heavy atom. The molecule has 0 bridgehead atoms. The summed E-state index contributed by atoms with van der Waals surface area (Å²) in [6.07, 6.45) is 0. The highest BCUT2D eigenvalue weighted by Gasteiger charge is 2.11. The zero-order valence-corrected chi connectivity index (χ0v) is 9.22. The van der Waals surface area contributed by atoms with E-state index in [-0.39, 0.29) is 17.1 Å². The number of nitro benzene ring substituents is 1. The molecule has 7 heteroatoms. The molecule has 0 unspecified atom stereocenters. The lowest BCUT2D eigenvalue weighted by molar-refractivity contribution is -0.384. The van der Waals surface area contributed by atoms with Crippen molar-refractivity contribution in [2.24, 2.45) is 0 Å². The molecule has 0 N–H and O–H groups in total. The second kappa shape index (κ2) is 4.71. The van der Waals surface area contributed by atoms with Gasteiger partial charge in [-0.05, 0) is 12.1 Å². The van der Waals surface area contributed by atoms with Gasteiger partial charge >= 0.3 is 5.97 Å². The molecule has 0 saturated heterocycles. The highest BCUT2D eigenvalue weighted by molar-refractivity contribution is 7.07. The van der Waals surface area contributed by atoms with Crippen LogP contribution >= 0.6 is 11.3 Å². The summed E-state index contributed by atoms with van der Waals surface area (Å²) >= 11 is 1.31. The van der Waals surface area contributed by atoms with Crippen LogP contribution in [-0.4, -0.2) is 15.9 Å². The van der Waals surface area contributed by atoms with Gasteiger partial charge in [0.15, 0.2) is 0 Å². The number of aromatic nitrogens is 1. The van der Waals surface area contributed by atoms with E-state index in [2.05, 4.69) is 4.98 Å². The van der Waals surface area contributed by atoms with Crippen LogP contribution in [0.3, 0.4) is 0 Å². The van der Waals surface area contributed by atoms with E-state index in [1.54, 1.807) is 10.9 Å². The topological polar surface area (TPSA) is 82.3 Å². The van der Waals surface area contributed by atoms with Gasteiger partial charge in [0.2, 0.25) is 5.88 Å². The van der Waals surface area contributed by atoms with Gasteiger partial charge in [-0.15, -0.1) is 11.3 Å². The van der Waals surface area contributed by atoms with E-state index in [0.29, 0.717) is 0 Å². The summed E-state index contributed by atoms with van der Waals surface area (Å²) in [5.41, 5.74) is 1.71. The molecule has 0 aliphatic rings. The number of rotatable bonds is 3. The van der Waals surface area contributed by atoms with Crippen molar-refractivity contribution in [1.29, 1.82) is 0 Å². The molecule has 1 heterocycles.